The SMILES string of the molecule is CNC.O=C(O)CCc1cc(-c2ccccc2)cc(-c2ccccc2)[o+]1.[I-]. The molecule has 0 amide bonds. The molecule has 5 heteroatoms. The van der Waals surface area contributed by atoms with Gasteiger partial charge < -0.3 is 34.4 Å². The Morgan fingerprint density at radius 3 is 1.93 bits per heavy atom. The fraction of sp³-hybridized carbons (Fsp3) is 0.182. The summed E-state index contributed by atoms with van der Waals surface area (Å²) in [7, 11) is 3.75. The zero-order chi connectivity index (χ0) is 18.8. The zero-order valence-electron chi connectivity index (χ0n) is 15.5. The number of benzene rings is 2. The Bertz CT molecular complexity index is 766. The Labute approximate surface area is 177 Å². The standard InChI is InChI=1S/C20H16O3.C2H7N.HI/c21-20(22)12-11-18-13-17(15-7-3-1-4-8-15)14-19(23-18)16-9-5-2-6-10-16;1-3-2;/h1-10,13-14H,11-12H2;3H,1-2H3;1H. The maximum absolute atomic E-state index is 10.8. The second-order valence-electron chi connectivity index (χ2n) is 5.80. The summed E-state index contributed by atoms with van der Waals surface area (Å²) in [4.78, 5) is 10.8. The Morgan fingerprint density at radius 1 is 0.889 bits per heavy atom. The van der Waals surface area contributed by atoms with Gasteiger partial charge in [-0.1, -0.05) is 48.5 Å². The Hall–Kier alpha value is -2.25. The maximum atomic E-state index is 10.8. The first-order valence-electron chi connectivity index (χ1n) is 8.52. The van der Waals surface area contributed by atoms with Gasteiger partial charge in [-0.3, -0.25) is 4.79 Å². The van der Waals surface area contributed by atoms with Crippen LogP contribution < -0.4 is 29.3 Å². The van der Waals surface area contributed by atoms with Crippen molar-refractivity contribution in [2.45, 2.75) is 12.8 Å². The number of carboxylic acids is 1. The molecule has 0 fully saturated rings. The van der Waals surface area contributed by atoms with Crippen LogP contribution in [0.3, 0.4) is 0 Å². The fourth-order valence-electron chi connectivity index (χ4n) is 2.45. The zero-order valence-corrected chi connectivity index (χ0v) is 17.6. The number of halogens is 1. The normalized spacial score (nSPS) is 9.56. The molecule has 0 atom stereocenters. The number of aryl methyl sites for hydroxylation is 1. The van der Waals surface area contributed by atoms with Crippen LogP contribution in [0, 0.1) is 0 Å². The number of hydrogen-bond acceptors (Lipinski definition) is 2. The summed E-state index contributed by atoms with van der Waals surface area (Å²) in [6.07, 6.45) is 0.422. The molecule has 3 rings (SSSR count). The summed E-state index contributed by atoms with van der Waals surface area (Å²) in [6, 6.07) is 23.8. The summed E-state index contributed by atoms with van der Waals surface area (Å²) in [5.41, 5.74) is 3.08. The molecule has 0 saturated carbocycles. The molecule has 0 spiro atoms. The highest BCUT2D eigenvalue weighted by Crippen LogP contribution is 2.28. The molecule has 27 heavy (non-hydrogen) atoms. The van der Waals surface area contributed by atoms with Crippen molar-refractivity contribution in [2.24, 2.45) is 0 Å². The molecule has 0 bridgehead atoms. The van der Waals surface area contributed by atoms with Gasteiger partial charge in [-0.05, 0) is 31.8 Å². The van der Waals surface area contributed by atoms with Crippen molar-refractivity contribution in [1.82, 2.24) is 5.32 Å². The third kappa shape index (κ3) is 7.48. The molecule has 2 aromatic carbocycles. The van der Waals surface area contributed by atoms with Gasteiger partial charge in [0.25, 0.3) is 0 Å². The van der Waals surface area contributed by atoms with E-state index in [1.54, 1.807) is 0 Å². The quantitative estimate of drug-likeness (QED) is 0.435. The monoisotopic (exact) mass is 477 g/mol. The van der Waals surface area contributed by atoms with E-state index >= 15 is 0 Å². The summed E-state index contributed by atoms with van der Waals surface area (Å²) >= 11 is 0. The minimum Gasteiger partial charge on any atom is -1.00 e. The first-order chi connectivity index (χ1) is 12.6. The van der Waals surface area contributed by atoms with Gasteiger partial charge in [-0.2, -0.15) is 0 Å². The Morgan fingerprint density at radius 2 is 1.41 bits per heavy atom. The molecule has 0 aliphatic carbocycles. The highest BCUT2D eigenvalue weighted by Gasteiger charge is 2.19. The van der Waals surface area contributed by atoms with E-state index in [2.05, 4.69) is 5.32 Å². The van der Waals surface area contributed by atoms with Gasteiger partial charge >= 0.3 is 17.5 Å². The van der Waals surface area contributed by atoms with E-state index in [0.717, 1.165) is 22.5 Å². The van der Waals surface area contributed by atoms with Crippen molar-refractivity contribution in [1.29, 1.82) is 0 Å². The number of hydrogen-bond donors (Lipinski definition) is 2. The molecule has 0 unspecified atom stereocenters. The van der Waals surface area contributed by atoms with Gasteiger partial charge in [0.05, 0.1) is 24.5 Å². The molecule has 0 aliphatic rings. The third-order valence-corrected chi connectivity index (χ3v) is 3.59. The molecular formula is C22H24INO3. The van der Waals surface area contributed by atoms with Crippen LogP contribution in [0.15, 0.2) is 77.2 Å². The van der Waals surface area contributed by atoms with Crippen molar-refractivity contribution in [3.8, 4) is 22.5 Å². The lowest BCUT2D eigenvalue weighted by Gasteiger charge is -2.01. The first-order valence-corrected chi connectivity index (χ1v) is 8.52. The third-order valence-electron chi connectivity index (χ3n) is 3.59. The van der Waals surface area contributed by atoms with Crippen LogP contribution in [0.4, 0.5) is 0 Å². The van der Waals surface area contributed by atoms with Crippen LogP contribution in [0.1, 0.15) is 12.2 Å². The second-order valence-corrected chi connectivity index (χ2v) is 5.80. The van der Waals surface area contributed by atoms with E-state index in [9.17, 15) is 4.79 Å². The first kappa shape index (κ1) is 22.8. The predicted molar refractivity (Wildman–Crippen MR) is 105 cm³/mol. The minimum atomic E-state index is -0.827. The smallest absolute Gasteiger partial charge is 0.360 e. The lowest BCUT2D eigenvalue weighted by molar-refractivity contribution is -0.137. The van der Waals surface area contributed by atoms with Crippen molar-refractivity contribution in [3.05, 3.63) is 78.6 Å². The Balaban J connectivity index is 0.000000855. The average Bonchev–Trinajstić information content (AvgIpc) is 2.68. The molecule has 0 radical (unpaired) electrons. The van der Waals surface area contributed by atoms with Crippen molar-refractivity contribution in [2.75, 3.05) is 14.1 Å². The van der Waals surface area contributed by atoms with Crippen molar-refractivity contribution >= 4 is 5.97 Å². The highest BCUT2D eigenvalue weighted by molar-refractivity contribution is 5.70. The molecule has 2 N–H and O–H groups in total. The van der Waals surface area contributed by atoms with Crippen LogP contribution >= 0.6 is 0 Å². The minimum absolute atomic E-state index is 0. The molecule has 1 heterocycles. The molecule has 3 aromatic rings. The van der Waals surface area contributed by atoms with E-state index in [-0.39, 0.29) is 30.4 Å². The largest absolute Gasteiger partial charge is 1.00 e. The van der Waals surface area contributed by atoms with Gasteiger partial charge in [0.15, 0.2) is 0 Å². The van der Waals surface area contributed by atoms with Gasteiger partial charge in [-0.25, -0.2) is 4.42 Å². The fourth-order valence-corrected chi connectivity index (χ4v) is 2.45. The number of carbonyl (C=O) groups is 1. The van der Waals surface area contributed by atoms with Crippen LogP contribution in [-0.4, -0.2) is 25.2 Å². The van der Waals surface area contributed by atoms with Gasteiger partial charge in [-0.15, -0.1) is 0 Å². The van der Waals surface area contributed by atoms with E-state index in [1.165, 1.54) is 0 Å². The maximum Gasteiger partial charge on any atom is 0.360 e. The van der Waals surface area contributed by atoms with Crippen LogP contribution in [-0.2, 0) is 11.2 Å². The summed E-state index contributed by atoms with van der Waals surface area (Å²) in [5.74, 6) is 0.589. The average molecular weight is 477 g/mol. The number of carboxylic acid groups (broad SMARTS) is 1. The number of aliphatic carboxylic acids is 1. The molecule has 142 valence electrons. The molecule has 1 aromatic heterocycles. The van der Waals surface area contributed by atoms with E-state index < -0.39 is 5.97 Å². The predicted octanol–water partition coefficient (Wildman–Crippen LogP) is 1.75. The van der Waals surface area contributed by atoms with Crippen LogP contribution in [0.25, 0.3) is 22.5 Å². The van der Waals surface area contributed by atoms with E-state index in [4.69, 9.17) is 9.52 Å². The van der Waals surface area contributed by atoms with E-state index in [1.807, 2.05) is 86.9 Å². The summed E-state index contributed by atoms with van der Waals surface area (Å²) in [5, 5.41) is 11.7. The lowest BCUT2D eigenvalue weighted by atomic mass is 10.0. The number of nitrogens with one attached hydrogen (secondary N) is 1. The van der Waals surface area contributed by atoms with Crippen LogP contribution in [0.2, 0.25) is 0 Å². The summed E-state index contributed by atoms with van der Waals surface area (Å²) in [6.45, 7) is 0. The lowest BCUT2D eigenvalue weighted by Crippen LogP contribution is -3.00. The van der Waals surface area contributed by atoms with E-state index in [0.29, 0.717) is 12.2 Å². The van der Waals surface area contributed by atoms with Gasteiger partial charge in [0.1, 0.15) is 0 Å². The second kappa shape index (κ2) is 12.2. The summed E-state index contributed by atoms with van der Waals surface area (Å²) < 4.78 is 5.91. The van der Waals surface area contributed by atoms with Gasteiger partial charge in [0, 0.05) is 11.6 Å². The van der Waals surface area contributed by atoms with Gasteiger partial charge in [0.2, 0.25) is 0 Å². The van der Waals surface area contributed by atoms with Crippen molar-refractivity contribution < 1.29 is 38.3 Å². The highest BCUT2D eigenvalue weighted by atomic mass is 127. The Kier molecular flexibility index (Phi) is 10.3. The molecule has 4 nitrogen and oxygen atoms in total. The molecular weight excluding hydrogens is 453 g/mol. The molecule has 0 aliphatic heterocycles. The van der Waals surface area contributed by atoms with Crippen molar-refractivity contribution in [3.63, 3.8) is 0 Å². The number of rotatable bonds is 5. The molecule has 0 saturated heterocycles. The topological polar surface area (TPSA) is 60.6 Å². The van der Waals surface area contributed by atoms with Crippen LogP contribution in [0.5, 0.6) is 0 Å².